The van der Waals surface area contributed by atoms with E-state index < -0.39 is 5.97 Å². The molecule has 0 spiro atoms. The summed E-state index contributed by atoms with van der Waals surface area (Å²) in [6, 6.07) is 7.59. The van der Waals surface area contributed by atoms with E-state index in [2.05, 4.69) is 11.2 Å². The second-order valence-electron chi connectivity index (χ2n) is 5.31. The van der Waals surface area contributed by atoms with Gasteiger partial charge >= 0.3 is 5.97 Å². The van der Waals surface area contributed by atoms with Gasteiger partial charge < -0.3 is 5.11 Å². The number of carboxylic acids is 1. The van der Waals surface area contributed by atoms with Crippen LogP contribution in [0.1, 0.15) is 45.7 Å². The Balaban J connectivity index is 2.17. The van der Waals surface area contributed by atoms with E-state index in [9.17, 15) is 9.90 Å². The van der Waals surface area contributed by atoms with Gasteiger partial charge in [-0.1, -0.05) is 0 Å². The highest BCUT2D eigenvalue weighted by molar-refractivity contribution is 5.87. The van der Waals surface area contributed by atoms with Crippen molar-refractivity contribution >= 4 is 5.97 Å². The number of hydrogen-bond donors (Lipinski definition) is 1. The summed E-state index contributed by atoms with van der Waals surface area (Å²) in [4.78, 5) is 11.4. The Labute approximate surface area is 122 Å². The summed E-state index contributed by atoms with van der Waals surface area (Å²) in [6.07, 6.45) is 3.67. The maximum atomic E-state index is 11.4. The topological polar surface area (TPSA) is 78.9 Å². The number of benzene rings is 1. The van der Waals surface area contributed by atoms with Crippen LogP contribution in [0.5, 0.6) is 0 Å². The molecule has 5 heteroatoms. The van der Waals surface area contributed by atoms with Gasteiger partial charge in [-0.2, -0.15) is 10.4 Å². The summed E-state index contributed by atoms with van der Waals surface area (Å²) in [6.45, 7) is 1.87. The first-order valence-electron chi connectivity index (χ1n) is 6.97. The standard InChI is InChI=1S/C16H15N3O2/c1-10-8-12(7-6-11(10)9-17)19-14-5-3-2-4-13(14)15(18-19)16(20)21/h6-8H,2-5H2,1H3,(H,20,21). The quantitative estimate of drug-likeness (QED) is 0.917. The van der Waals surface area contributed by atoms with E-state index in [-0.39, 0.29) is 5.69 Å². The second-order valence-corrected chi connectivity index (χ2v) is 5.31. The molecule has 0 aliphatic heterocycles. The largest absolute Gasteiger partial charge is 0.476 e. The molecule has 1 aliphatic carbocycles. The van der Waals surface area contributed by atoms with E-state index in [1.165, 1.54) is 0 Å². The number of hydrogen-bond acceptors (Lipinski definition) is 3. The number of nitriles is 1. The average molecular weight is 281 g/mol. The van der Waals surface area contributed by atoms with E-state index in [4.69, 9.17) is 5.26 Å². The number of aromatic nitrogens is 2. The predicted octanol–water partition coefficient (Wildman–Crippen LogP) is 2.63. The molecule has 2 aromatic rings. The fourth-order valence-corrected chi connectivity index (χ4v) is 2.89. The van der Waals surface area contributed by atoms with Gasteiger partial charge in [0.25, 0.3) is 0 Å². The van der Waals surface area contributed by atoms with Crippen molar-refractivity contribution in [3.05, 3.63) is 46.3 Å². The van der Waals surface area contributed by atoms with Crippen molar-refractivity contribution in [3.8, 4) is 11.8 Å². The van der Waals surface area contributed by atoms with Crippen molar-refractivity contribution < 1.29 is 9.90 Å². The Hall–Kier alpha value is -2.61. The third-order valence-electron chi connectivity index (χ3n) is 3.96. The summed E-state index contributed by atoms with van der Waals surface area (Å²) in [5, 5.41) is 22.6. The van der Waals surface area contributed by atoms with Crippen molar-refractivity contribution in [2.24, 2.45) is 0 Å². The maximum Gasteiger partial charge on any atom is 0.356 e. The molecular weight excluding hydrogens is 266 g/mol. The normalized spacial score (nSPS) is 13.5. The van der Waals surface area contributed by atoms with Crippen molar-refractivity contribution in [2.45, 2.75) is 32.6 Å². The van der Waals surface area contributed by atoms with Gasteiger partial charge in [0, 0.05) is 11.3 Å². The lowest BCUT2D eigenvalue weighted by Gasteiger charge is -2.14. The summed E-state index contributed by atoms with van der Waals surface area (Å²) in [5.74, 6) is -0.975. The van der Waals surface area contributed by atoms with Gasteiger partial charge in [0.1, 0.15) is 0 Å². The van der Waals surface area contributed by atoms with E-state index in [0.717, 1.165) is 48.2 Å². The molecule has 1 aromatic heterocycles. The van der Waals surface area contributed by atoms with Gasteiger partial charge in [0.05, 0.1) is 17.3 Å². The van der Waals surface area contributed by atoms with Gasteiger partial charge in [-0.3, -0.25) is 0 Å². The number of fused-ring (bicyclic) bond motifs is 1. The summed E-state index contributed by atoms with van der Waals surface area (Å²) in [5.41, 5.74) is 4.31. The van der Waals surface area contributed by atoms with Gasteiger partial charge in [0.15, 0.2) is 5.69 Å². The van der Waals surface area contributed by atoms with E-state index in [1.807, 2.05) is 19.1 Å². The zero-order chi connectivity index (χ0) is 15.0. The van der Waals surface area contributed by atoms with Crippen LogP contribution in [0, 0.1) is 18.3 Å². The number of aryl methyl sites for hydroxylation is 1. The summed E-state index contributed by atoms with van der Waals surface area (Å²) < 4.78 is 1.73. The number of aromatic carboxylic acids is 1. The second kappa shape index (κ2) is 5.06. The number of rotatable bonds is 2. The Bertz CT molecular complexity index is 769. The molecule has 0 atom stereocenters. The molecule has 0 saturated carbocycles. The van der Waals surface area contributed by atoms with Crippen LogP contribution < -0.4 is 0 Å². The van der Waals surface area contributed by atoms with Gasteiger partial charge in [-0.25, -0.2) is 9.48 Å². The number of carboxylic acid groups (broad SMARTS) is 1. The molecule has 0 amide bonds. The fourth-order valence-electron chi connectivity index (χ4n) is 2.89. The zero-order valence-electron chi connectivity index (χ0n) is 11.8. The van der Waals surface area contributed by atoms with Crippen LogP contribution in [0.2, 0.25) is 0 Å². The molecule has 1 N–H and O–H groups in total. The molecule has 21 heavy (non-hydrogen) atoms. The smallest absolute Gasteiger partial charge is 0.356 e. The summed E-state index contributed by atoms with van der Waals surface area (Å²) >= 11 is 0. The van der Waals surface area contributed by atoms with E-state index in [1.54, 1.807) is 10.7 Å². The highest BCUT2D eigenvalue weighted by Gasteiger charge is 2.25. The minimum Gasteiger partial charge on any atom is -0.476 e. The Morgan fingerprint density at radius 1 is 1.38 bits per heavy atom. The fraction of sp³-hybridized carbons (Fsp3) is 0.312. The Morgan fingerprint density at radius 2 is 2.14 bits per heavy atom. The van der Waals surface area contributed by atoms with Crippen molar-refractivity contribution in [1.82, 2.24) is 9.78 Å². The highest BCUT2D eigenvalue weighted by Crippen LogP contribution is 2.27. The minimum absolute atomic E-state index is 0.159. The van der Waals surface area contributed by atoms with Crippen LogP contribution in [-0.4, -0.2) is 20.9 Å². The molecule has 0 radical (unpaired) electrons. The zero-order valence-corrected chi connectivity index (χ0v) is 11.8. The monoisotopic (exact) mass is 281 g/mol. The molecule has 0 fully saturated rings. The molecule has 1 heterocycles. The lowest BCUT2D eigenvalue weighted by molar-refractivity contribution is 0.0688. The third kappa shape index (κ3) is 2.19. The molecule has 0 saturated heterocycles. The molecule has 0 unspecified atom stereocenters. The van der Waals surface area contributed by atoms with Crippen LogP contribution >= 0.6 is 0 Å². The first-order chi connectivity index (χ1) is 10.1. The third-order valence-corrected chi connectivity index (χ3v) is 3.96. The van der Waals surface area contributed by atoms with Crippen LogP contribution in [0.15, 0.2) is 18.2 Å². The van der Waals surface area contributed by atoms with Crippen LogP contribution in [0.3, 0.4) is 0 Å². The van der Waals surface area contributed by atoms with Gasteiger partial charge in [0.2, 0.25) is 0 Å². The number of nitrogens with zero attached hydrogens (tertiary/aromatic N) is 3. The average Bonchev–Trinajstić information content (AvgIpc) is 2.87. The first-order valence-corrected chi connectivity index (χ1v) is 6.97. The molecule has 3 rings (SSSR count). The first kappa shape index (κ1) is 13.4. The van der Waals surface area contributed by atoms with E-state index in [0.29, 0.717) is 5.56 Å². The summed E-state index contributed by atoms with van der Waals surface area (Å²) in [7, 11) is 0. The molecular formula is C16H15N3O2. The SMILES string of the molecule is Cc1cc(-n2nc(C(=O)O)c3c2CCCC3)ccc1C#N. The highest BCUT2D eigenvalue weighted by atomic mass is 16.4. The lowest BCUT2D eigenvalue weighted by Crippen LogP contribution is -2.08. The van der Waals surface area contributed by atoms with E-state index >= 15 is 0 Å². The van der Waals surface area contributed by atoms with Crippen LogP contribution in [0.25, 0.3) is 5.69 Å². The van der Waals surface area contributed by atoms with Crippen molar-refractivity contribution in [2.75, 3.05) is 0 Å². The van der Waals surface area contributed by atoms with Crippen molar-refractivity contribution in [1.29, 1.82) is 5.26 Å². The Kier molecular flexibility index (Phi) is 3.22. The maximum absolute atomic E-state index is 11.4. The van der Waals surface area contributed by atoms with Crippen molar-refractivity contribution in [3.63, 3.8) is 0 Å². The van der Waals surface area contributed by atoms with Crippen LogP contribution in [-0.2, 0) is 12.8 Å². The Morgan fingerprint density at radius 3 is 2.81 bits per heavy atom. The predicted molar refractivity (Wildman–Crippen MR) is 76.6 cm³/mol. The number of carbonyl (C=O) groups is 1. The molecule has 106 valence electrons. The van der Waals surface area contributed by atoms with Gasteiger partial charge in [-0.15, -0.1) is 0 Å². The minimum atomic E-state index is -0.975. The molecule has 1 aliphatic rings. The molecule has 1 aromatic carbocycles. The lowest BCUT2D eigenvalue weighted by atomic mass is 9.95. The molecule has 0 bridgehead atoms. The van der Waals surface area contributed by atoms with Gasteiger partial charge in [-0.05, 0) is 56.4 Å². The van der Waals surface area contributed by atoms with Crippen LogP contribution in [0.4, 0.5) is 0 Å². The molecule has 5 nitrogen and oxygen atoms in total.